The van der Waals surface area contributed by atoms with Gasteiger partial charge in [-0.1, -0.05) is 13.2 Å². The van der Waals surface area contributed by atoms with Gasteiger partial charge >= 0.3 is 23.9 Å². The molecule has 29 heavy (non-hydrogen) atoms. The number of hydrogen-bond donors (Lipinski definition) is 3. The van der Waals surface area contributed by atoms with Gasteiger partial charge in [-0.05, 0) is 0 Å². The number of aliphatic carboxylic acids is 3. The van der Waals surface area contributed by atoms with E-state index in [1.165, 1.54) is 0 Å². The third-order valence-corrected chi connectivity index (χ3v) is 2.68. The minimum Gasteiger partial charge on any atom is -0.481 e. The van der Waals surface area contributed by atoms with Gasteiger partial charge in [0.1, 0.15) is 0 Å². The van der Waals surface area contributed by atoms with E-state index in [0.717, 1.165) is 0 Å². The number of halogens is 5. The molecular formula is C16H11F5O8. The van der Waals surface area contributed by atoms with E-state index in [9.17, 15) is 41.1 Å². The molecule has 0 atom stereocenters. The second-order valence-electron chi connectivity index (χ2n) is 4.94. The Balaban J connectivity index is 0.000000734. The Bertz CT molecular complexity index is 865. The van der Waals surface area contributed by atoms with Crippen molar-refractivity contribution >= 4 is 23.9 Å². The molecule has 0 aliphatic heterocycles. The smallest absolute Gasteiger partial charge is 0.339 e. The zero-order chi connectivity index (χ0) is 23.0. The Morgan fingerprint density at radius 3 is 1.34 bits per heavy atom. The van der Waals surface area contributed by atoms with E-state index < -0.39 is 77.1 Å². The molecule has 0 fully saturated rings. The van der Waals surface area contributed by atoms with Crippen molar-refractivity contribution in [3.05, 3.63) is 53.4 Å². The summed E-state index contributed by atoms with van der Waals surface area (Å²) in [5, 5.41) is 24.4. The van der Waals surface area contributed by atoms with Crippen molar-refractivity contribution in [2.24, 2.45) is 0 Å². The zero-order valence-electron chi connectivity index (χ0n) is 14.1. The first-order valence-electron chi connectivity index (χ1n) is 6.96. The summed E-state index contributed by atoms with van der Waals surface area (Å²) in [5.41, 5.74) is -1.04. The van der Waals surface area contributed by atoms with Gasteiger partial charge in [0.25, 0.3) is 0 Å². The van der Waals surface area contributed by atoms with Crippen LogP contribution in [0.25, 0.3) is 0 Å². The lowest BCUT2D eigenvalue weighted by molar-refractivity contribution is -0.139. The molecule has 0 amide bonds. The number of ether oxygens (including phenoxy) is 1. The monoisotopic (exact) mass is 426 g/mol. The van der Waals surface area contributed by atoms with Crippen molar-refractivity contribution < 1.29 is 61.2 Å². The van der Waals surface area contributed by atoms with Gasteiger partial charge in [0, 0.05) is 11.1 Å². The minimum atomic E-state index is -2.41. The molecule has 0 bridgehead atoms. The van der Waals surface area contributed by atoms with Gasteiger partial charge in [0.05, 0.1) is 12.8 Å². The summed E-state index contributed by atoms with van der Waals surface area (Å²) >= 11 is 0. The summed E-state index contributed by atoms with van der Waals surface area (Å²) in [4.78, 5) is 41.1. The van der Waals surface area contributed by atoms with Gasteiger partial charge < -0.3 is 20.1 Å². The number of carboxylic acids is 3. The number of esters is 1. The molecule has 158 valence electrons. The van der Waals surface area contributed by atoms with E-state index >= 15 is 0 Å². The summed E-state index contributed by atoms with van der Waals surface area (Å²) in [6, 6.07) is 0. The highest BCUT2D eigenvalue weighted by Crippen LogP contribution is 2.29. The minimum absolute atomic E-state index is 0.303. The summed E-state index contributed by atoms with van der Waals surface area (Å²) in [6.07, 6.45) is -1.43. The molecule has 0 unspecified atom stereocenters. The van der Waals surface area contributed by atoms with Crippen LogP contribution in [0.2, 0.25) is 0 Å². The molecule has 1 aromatic rings. The van der Waals surface area contributed by atoms with Crippen molar-refractivity contribution in [1.29, 1.82) is 0 Å². The van der Waals surface area contributed by atoms with Crippen molar-refractivity contribution in [2.45, 2.75) is 12.8 Å². The van der Waals surface area contributed by atoms with E-state index in [1.807, 2.05) is 0 Å². The van der Waals surface area contributed by atoms with Gasteiger partial charge in [-0.3, -0.25) is 9.59 Å². The zero-order valence-corrected chi connectivity index (χ0v) is 14.1. The Morgan fingerprint density at radius 1 is 0.690 bits per heavy atom. The van der Waals surface area contributed by atoms with Crippen LogP contribution in [0.3, 0.4) is 0 Å². The van der Waals surface area contributed by atoms with Gasteiger partial charge in [-0.25, -0.2) is 22.8 Å². The van der Waals surface area contributed by atoms with E-state index in [4.69, 9.17) is 15.3 Å². The molecular weight excluding hydrogens is 415 g/mol. The van der Waals surface area contributed by atoms with Crippen LogP contribution in [0, 0.1) is 29.1 Å². The summed E-state index contributed by atoms with van der Waals surface area (Å²) < 4.78 is 68.5. The first-order chi connectivity index (χ1) is 13.2. The highest BCUT2D eigenvalue weighted by molar-refractivity contribution is 5.94. The molecule has 0 heterocycles. The standard InChI is InChI=1S/C11H5F5O4.C5H6O4/c1-3(2-4(17)18)11(19)20-10-8(15)6(13)5(12)7(14)9(10)16;1-3(5(8)9)2-4(6)7/h1-2H2,(H,17,18);1-2H2,(H,6,7)(H,8,9). The Morgan fingerprint density at radius 2 is 1.03 bits per heavy atom. The summed E-state index contributed by atoms with van der Waals surface area (Å²) in [7, 11) is 0. The largest absolute Gasteiger partial charge is 0.481 e. The predicted molar refractivity (Wildman–Crippen MR) is 82.3 cm³/mol. The SMILES string of the molecule is C=C(CC(=O)O)C(=O)O.C=C(CC(=O)O)C(=O)Oc1c(F)c(F)c(F)c(F)c1F. The van der Waals surface area contributed by atoms with Gasteiger partial charge in [-0.2, -0.15) is 8.78 Å². The topological polar surface area (TPSA) is 138 Å². The first kappa shape index (κ1) is 25.2. The quantitative estimate of drug-likeness (QED) is 0.151. The predicted octanol–water partition coefficient (Wildman–Crippen LogP) is 2.42. The normalized spacial score (nSPS) is 9.69. The first-order valence-corrected chi connectivity index (χ1v) is 6.96. The maximum absolute atomic E-state index is 13.1. The maximum atomic E-state index is 13.1. The van der Waals surface area contributed by atoms with E-state index in [1.54, 1.807) is 0 Å². The van der Waals surface area contributed by atoms with Crippen LogP contribution < -0.4 is 4.74 Å². The number of rotatable bonds is 7. The van der Waals surface area contributed by atoms with Crippen LogP contribution in [-0.2, 0) is 19.2 Å². The fraction of sp³-hybridized carbons (Fsp3) is 0.125. The van der Waals surface area contributed by atoms with Crippen molar-refractivity contribution in [3.63, 3.8) is 0 Å². The number of carbonyl (C=O) groups excluding carboxylic acids is 1. The number of carboxylic acid groups (broad SMARTS) is 3. The van der Waals surface area contributed by atoms with Gasteiger partial charge in [0.15, 0.2) is 0 Å². The molecule has 13 heteroatoms. The fourth-order valence-electron chi connectivity index (χ4n) is 1.35. The summed E-state index contributed by atoms with van der Waals surface area (Å²) in [5.74, 6) is -19.1. The van der Waals surface area contributed by atoms with E-state index in [-0.39, 0.29) is 5.57 Å². The molecule has 0 aromatic heterocycles. The molecule has 0 saturated carbocycles. The lowest BCUT2D eigenvalue weighted by Gasteiger charge is -2.09. The number of benzene rings is 1. The van der Waals surface area contributed by atoms with Crippen LogP contribution in [0.5, 0.6) is 5.75 Å². The molecule has 0 aliphatic carbocycles. The lowest BCUT2D eigenvalue weighted by Crippen LogP contribution is -2.16. The molecule has 8 nitrogen and oxygen atoms in total. The second-order valence-corrected chi connectivity index (χ2v) is 4.94. The van der Waals surface area contributed by atoms with Gasteiger partial charge in [0.2, 0.25) is 34.8 Å². The highest BCUT2D eigenvalue weighted by Gasteiger charge is 2.29. The molecule has 0 saturated heterocycles. The lowest BCUT2D eigenvalue weighted by atomic mass is 10.2. The average molecular weight is 426 g/mol. The Hall–Kier alpha value is -3.77. The van der Waals surface area contributed by atoms with E-state index in [2.05, 4.69) is 17.9 Å². The van der Waals surface area contributed by atoms with Crippen LogP contribution in [0.15, 0.2) is 24.3 Å². The molecule has 1 aromatic carbocycles. The Labute approximate surface area is 158 Å². The average Bonchev–Trinajstić information content (AvgIpc) is 2.61. The Kier molecular flexibility index (Phi) is 9.17. The summed E-state index contributed by atoms with van der Waals surface area (Å²) in [6.45, 7) is 5.96. The van der Waals surface area contributed by atoms with Crippen molar-refractivity contribution in [1.82, 2.24) is 0 Å². The number of carbonyl (C=O) groups is 4. The van der Waals surface area contributed by atoms with Crippen molar-refractivity contribution in [2.75, 3.05) is 0 Å². The van der Waals surface area contributed by atoms with Crippen LogP contribution in [0.1, 0.15) is 12.8 Å². The maximum Gasteiger partial charge on any atom is 0.339 e. The molecule has 1 rings (SSSR count). The molecule has 0 spiro atoms. The van der Waals surface area contributed by atoms with Crippen LogP contribution in [-0.4, -0.2) is 39.2 Å². The fourth-order valence-corrected chi connectivity index (χ4v) is 1.35. The van der Waals surface area contributed by atoms with E-state index in [0.29, 0.717) is 0 Å². The van der Waals surface area contributed by atoms with Gasteiger partial charge in [-0.15, -0.1) is 0 Å². The second kappa shape index (κ2) is 10.5. The third kappa shape index (κ3) is 7.40. The van der Waals surface area contributed by atoms with Crippen LogP contribution in [0.4, 0.5) is 22.0 Å². The van der Waals surface area contributed by atoms with Crippen molar-refractivity contribution in [3.8, 4) is 5.75 Å². The third-order valence-electron chi connectivity index (χ3n) is 2.68. The number of hydrogen-bond acceptors (Lipinski definition) is 5. The molecule has 0 aliphatic rings. The van der Waals surface area contributed by atoms with Crippen LogP contribution >= 0.6 is 0 Å². The highest BCUT2D eigenvalue weighted by atomic mass is 19.2. The molecule has 3 N–H and O–H groups in total. The molecule has 0 radical (unpaired) electrons.